The van der Waals surface area contributed by atoms with Crippen LogP contribution >= 0.6 is 0 Å². The average molecular weight is 494 g/mol. The summed E-state index contributed by atoms with van der Waals surface area (Å²) in [7, 11) is 1.42. The number of nitrogens with zero attached hydrogens (tertiary/aromatic N) is 3. The maximum absolute atomic E-state index is 13.9. The number of aryl methyl sites for hydroxylation is 1. The maximum Gasteiger partial charge on any atom is 0.323 e. The third kappa shape index (κ3) is 4.01. The molecule has 10 heteroatoms. The van der Waals surface area contributed by atoms with Crippen LogP contribution in [-0.2, 0) is 14.4 Å². The van der Waals surface area contributed by atoms with Crippen LogP contribution in [0, 0.1) is 24.6 Å². The Morgan fingerprint density at radius 2 is 1.67 bits per heavy atom. The number of imide groups is 1. The highest BCUT2D eigenvalue weighted by Crippen LogP contribution is 2.50. The molecule has 2 N–H and O–H groups in total. The number of amides is 5. The molecule has 0 spiro atoms. The van der Waals surface area contributed by atoms with Crippen molar-refractivity contribution in [1.82, 2.24) is 20.0 Å². The second-order valence-corrected chi connectivity index (χ2v) is 9.51. The number of halogens is 1. The van der Waals surface area contributed by atoms with Crippen LogP contribution in [0.15, 0.2) is 48.5 Å². The summed E-state index contributed by atoms with van der Waals surface area (Å²) in [6, 6.07) is 10.1. The molecule has 2 aromatic carbocycles. The zero-order valence-corrected chi connectivity index (χ0v) is 20.1. The second kappa shape index (κ2) is 9.34. The van der Waals surface area contributed by atoms with Gasteiger partial charge in [0.1, 0.15) is 11.9 Å². The minimum atomic E-state index is -1.15. The Labute approximate surface area is 208 Å². The van der Waals surface area contributed by atoms with Gasteiger partial charge in [-0.2, -0.15) is 0 Å². The molecule has 0 bridgehead atoms. The summed E-state index contributed by atoms with van der Waals surface area (Å²) in [5.74, 6) is -3.56. The van der Waals surface area contributed by atoms with Crippen LogP contribution < -0.4 is 10.6 Å². The second-order valence-electron chi connectivity index (χ2n) is 9.51. The van der Waals surface area contributed by atoms with Crippen molar-refractivity contribution in [2.75, 3.05) is 38.5 Å². The quantitative estimate of drug-likeness (QED) is 0.635. The van der Waals surface area contributed by atoms with Gasteiger partial charge in [0, 0.05) is 38.9 Å². The summed E-state index contributed by atoms with van der Waals surface area (Å²) >= 11 is 0. The fourth-order valence-electron chi connectivity index (χ4n) is 5.59. The van der Waals surface area contributed by atoms with Crippen molar-refractivity contribution >= 4 is 29.4 Å². The highest BCUT2D eigenvalue weighted by atomic mass is 19.1. The number of likely N-dealkylation sites (tertiary alicyclic amines) is 2. The van der Waals surface area contributed by atoms with Crippen LogP contribution in [-0.4, -0.2) is 77.7 Å². The number of anilines is 1. The molecular formula is C26H28FN5O4. The van der Waals surface area contributed by atoms with Crippen LogP contribution in [0.4, 0.5) is 14.9 Å². The largest absolute Gasteiger partial charge is 0.338 e. The van der Waals surface area contributed by atoms with Gasteiger partial charge in [-0.25, -0.2) is 9.18 Å². The molecule has 5 amide bonds. The van der Waals surface area contributed by atoms with Gasteiger partial charge in [0.2, 0.25) is 17.7 Å². The number of nitrogens with one attached hydrogen (secondary N) is 2. The molecule has 2 aromatic rings. The lowest BCUT2D eigenvalue weighted by Gasteiger charge is -2.36. The Morgan fingerprint density at radius 1 is 1.00 bits per heavy atom. The smallest absolute Gasteiger partial charge is 0.323 e. The molecule has 3 aliphatic rings. The number of rotatable bonds is 3. The molecule has 0 saturated carbocycles. The molecule has 3 fully saturated rings. The zero-order chi connectivity index (χ0) is 25.6. The molecule has 0 aromatic heterocycles. The van der Waals surface area contributed by atoms with Crippen molar-refractivity contribution in [3.05, 3.63) is 65.5 Å². The number of piperazine rings is 1. The number of urea groups is 1. The molecule has 3 aliphatic heterocycles. The van der Waals surface area contributed by atoms with Crippen molar-refractivity contribution in [2.45, 2.75) is 19.0 Å². The lowest BCUT2D eigenvalue weighted by Crippen LogP contribution is -2.57. The van der Waals surface area contributed by atoms with Gasteiger partial charge in [-0.15, -0.1) is 0 Å². The number of carbonyl (C=O) groups is 4. The summed E-state index contributed by atoms with van der Waals surface area (Å²) in [5.41, 5.74) is 1.93. The van der Waals surface area contributed by atoms with E-state index in [1.165, 1.54) is 36.2 Å². The van der Waals surface area contributed by atoms with Gasteiger partial charge < -0.3 is 20.4 Å². The van der Waals surface area contributed by atoms with E-state index >= 15 is 0 Å². The lowest BCUT2D eigenvalue weighted by atomic mass is 9.86. The molecule has 188 valence electrons. The van der Waals surface area contributed by atoms with E-state index in [9.17, 15) is 23.6 Å². The zero-order valence-electron chi connectivity index (χ0n) is 20.1. The van der Waals surface area contributed by atoms with E-state index in [1.807, 2.05) is 25.1 Å². The van der Waals surface area contributed by atoms with Crippen molar-refractivity contribution < 1.29 is 23.6 Å². The first kappa shape index (κ1) is 23.9. The Balaban J connectivity index is 1.61. The molecule has 0 aliphatic carbocycles. The van der Waals surface area contributed by atoms with E-state index in [0.29, 0.717) is 37.4 Å². The van der Waals surface area contributed by atoms with E-state index in [0.717, 1.165) is 10.5 Å². The summed E-state index contributed by atoms with van der Waals surface area (Å²) in [6.45, 7) is 3.97. The van der Waals surface area contributed by atoms with E-state index in [-0.39, 0.29) is 5.91 Å². The van der Waals surface area contributed by atoms with Crippen LogP contribution in [0.2, 0.25) is 0 Å². The third-order valence-electron chi connectivity index (χ3n) is 7.29. The summed E-state index contributed by atoms with van der Waals surface area (Å²) in [6.07, 6.45) is 0. The Hall–Kier alpha value is -3.79. The van der Waals surface area contributed by atoms with Crippen LogP contribution in [0.3, 0.4) is 0 Å². The Bertz CT molecular complexity index is 1210. The minimum Gasteiger partial charge on any atom is -0.338 e. The van der Waals surface area contributed by atoms with Crippen molar-refractivity contribution in [2.24, 2.45) is 11.8 Å². The lowest BCUT2D eigenvalue weighted by molar-refractivity contribution is -0.144. The van der Waals surface area contributed by atoms with Crippen LogP contribution in [0.25, 0.3) is 0 Å². The van der Waals surface area contributed by atoms with Crippen LogP contribution in [0.1, 0.15) is 17.2 Å². The number of hydrogen-bond acceptors (Lipinski definition) is 5. The molecule has 4 unspecified atom stereocenters. The first-order valence-electron chi connectivity index (χ1n) is 12.0. The number of carbonyl (C=O) groups excluding carboxylic acids is 4. The first-order chi connectivity index (χ1) is 17.3. The standard InChI is InChI=1S/C26H28FN5O4/c1-15-4-3-5-16(14-15)21-19-20(24(34)30(2)23(19)33)22(25(35)31-12-10-28-11-13-31)32(21)26(36)29-18-8-6-17(27)7-9-18/h3-9,14,19-22,28H,10-13H2,1-2H3,(H,29,36). The molecule has 5 rings (SSSR count). The SMILES string of the molecule is Cc1cccc(C2C3C(=O)N(C)C(=O)C3C(C(=O)N3CCNCC3)N2C(=O)Nc2ccc(F)cc2)c1. The fourth-order valence-corrected chi connectivity index (χ4v) is 5.59. The summed E-state index contributed by atoms with van der Waals surface area (Å²) in [5, 5.41) is 5.94. The van der Waals surface area contributed by atoms with Gasteiger partial charge in [-0.05, 0) is 36.8 Å². The van der Waals surface area contributed by atoms with Crippen molar-refractivity contribution in [3.8, 4) is 0 Å². The topological polar surface area (TPSA) is 102 Å². The average Bonchev–Trinajstić information content (AvgIpc) is 3.34. The van der Waals surface area contributed by atoms with E-state index < -0.39 is 47.6 Å². The highest BCUT2D eigenvalue weighted by molar-refractivity contribution is 6.10. The van der Waals surface area contributed by atoms with E-state index in [2.05, 4.69) is 10.6 Å². The predicted molar refractivity (Wildman–Crippen MR) is 129 cm³/mol. The number of benzene rings is 2. The summed E-state index contributed by atoms with van der Waals surface area (Å²) < 4.78 is 13.4. The molecule has 4 atom stereocenters. The predicted octanol–water partition coefficient (Wildman–Crippen LogP) is 1.75. The van der Waals surface area contributed by atoms with Gasteiger partial charge in [0.15, 0.2) is 0 Å². The Kier molecular flexibility index (Phi) is 6.21. The maximum atomic E-state index is 13.9. The van der Waals surface area contributed by atoms with Crippen molar-refractivity contribution in [1.29, 1.82) is 0 Å². The van der Waals surface area contributed by atoms with Gasteiger partial charge in [0.25, 0.3) is 0 Å². The molecule has 3 saturated heterocycles. The molecule has 9 nitrogen and oxygen atoms in total. The third-order valence-corrected chi connectivity index (χ3v) is 7.29. The van der Waals surface area contributed by atoms with Gasteiger partial charge in [-0.1, -0.05) is 29.8 Å². The number of hydrogen-bond donors (Lipinski definition) is 2. The van der Waals surface area contributed by atoms with Gasteiger partial charge >= 0.3 is 6.03 Å². The monoisotopic (exact) mass is 493 g/mol. The molecule has 3 heterocycles. The van der Waals surface area contributed by atoms with Gasteiger partial charge in [-0.3, -0.25) is 19.3 Å². The first-order valence-corrected chi connectivity index (χ1v) is 12.0. The normalized spacial score (nSPS) is 25.8. The highest BCUT2D eigenvalue weighted by Gasteiger charge is 2.65. The van der Waals surface area contributed by atoms with E-state index in [4.69, 9.17) is 0 Å². The van der Waals surface area contributed by atoms with Crippen LogP contribution in [0.5, 0.6) is 0 Å². The van der Waals surface area contributed by atoms with Crippen molar-refractivity contribution in [3.63, 3.8) is 0 Å². The molecule has 0 radical (unpaired) electrons. The summed E-state index contributed by atoms with van der Waals surface area (Å²) in [4.78, 5) is 58.4. The minimum absolute atomic E-state index is 0.338. The molecule has 36 heavy (non-hydrogen) atoms. The Morgan fingerprint density at radius 3 is 2.33 bits per heavy atom. The van der Waals surface area contributed by atoms with E-state index in [1.54, 1.807) is 11.0 Å². The number of fused-ring (bicyclic) bond motifs is 1. The fraction of sp³-hybridized carbons (Fsp3) is 0.385. The molecular weight excluding hydrogens is 465 g/mol. The van der Waals surface area contributed by atoms with Gasteiger partial charge in [0.05, 0.1) is 17.9 Å².